The average Bonchev–Trinajstić information content (AvgIpc) is 2.88. The molecule has 1 fully saturated rings. The van der Waals surface area contributed by atoms with E-state index in [9.17, 15) is 4.39 Å². The second-order valence-electron chi connectivity index (χ2n) is 5.20. The van der Waals surface area contributed by atoms with Gasteiger partial charge in [0.15, 0.2) is 5.65 Å². The van der Waals surface area contributed by atoms with Crippen molar-refractivity contribution >= 4 is 22.5 Å². The molecule has 1 saturated heterocycles. The molecular weight excluding hydrogens is 271 g/mol. The standard InChI is InChI=1S/C14H15FN6/c1-9-17-13-11-3-2-10(15)8-12(11)18-14(21(13)19-9)20-6-4-16-5-7-20/h2-3,8,16H,4-7H2,1H3. The van der Waals surface area contributed by atoms with Crippen molar-refractivity contribution in [1.29, 1.82) is 0 Å². The van der Waals surface area contributed by atoms with E-state index in [0.717, 1.165) is 43.2 Å². The molecule has 2 aromatic heterocycles. The zero-order valence-electron chi connectivity index (χ0n) is 11.7. The Kier molecular flexibility index (Phi) is 2.75. The van der Waals surface area contributed by atoms with Gasteiger partial charge in [0.2, 0.25) is 5.95 Å². The number of benzene rings is 1. The van der Waals surface area contributed by atoms with Crippen molar-refractivity contribution in [2.75, 3.05) is 31.1 Å². The molecular formula is C14H15FN6. The van der Waals surface area contributed by atoms with Crippen LogP contribution < -0.4 is 10.2 Å². The van der Waals surface area contributed by atoms with Gasteiger partial charge < -0.3 is 10.2 Å². The molecule has 21 heavy (non-hydrogen) atoms. The van der Waals surface area contributed by atoms with Gasteiger partial charge in [-0.25, -0.2) is 14.4 Å². The van der Waals surface area contributed by atoms with Gasteiger partial charge in [-0.3, -0.25) is 0 Å². The van der Waals surface area contributed by atoms with E-state index >= 15 is 0 Å². The minimum absolute atomic E-state index is 0.290. The number of aryl methyl sites for hydroxylation is 1. The Balaban J connectivity index is 2.02. The molecule has 1 aromatic carbocycles. The van der Waals surface area contributed by atoms with E-state index in [1.165, 1.54) is 12.1 Å². The van der Waals surface area contributed by atoms with Gasteiger partial charge in [0, 0.05) is 37.6 Å². The summed E-state index contributed by atoms with van der Waals surface area (Å²) in [5.41, 5.74) is 1.34. The minimum atomic E-state index is -0.290. The highest BCUT2D eigenvalue weighted by molar-refractivity contribution is 5.92. The Bertz CT molecular complexity index is 821. The second kappa shape index (κ2) is 4.63. The molecule has 4 rings (SSSR count). The third-order valence-electron chi connectivity index (χ3n) is 3.72. The zero-order valence-corrected chi connectivity index (χ0v) is 11.7. The molecule has 1 aliphatic heterocycles. The molecule has 0 saturated carbocycles. The molecule has 0 bridgehead atoms. The van der Waals surface area contributed by atoms with Gasteiger partial charge in [0.25, 0.3) is 0 Å². The first kappa shape index (κ1) is 12.5. The van der Waals surface area contributed by atoms with E-state index in [0.29, 0.717) is 11.3 Å². The van der Waals surface area contributed by atoms with Crippen molar-refractivity contribution in [2.45, 2.75) is 6.92 Å². The molecule has 0 unspecified atom stereocenters. The molecule has 1 N–H and O–H groups in total. The van der Waals surface area contributed by atoms with Crippen LogP contribution in [0.5, 0.6) is 0 Å². The minimum Gasteiger partial charge on any atom is -0.338 e. The molecule has 3 aromatic rings. The number of nitrogens with one attached hydrogen (secondary N) is 1. The Morgan fingerprint density at radius 1 is 1.19 bits per heavy atom. The number of aromatic nitrogens is 4. The number of hydrogen-bond acceptors (Lipinski definition) is 5. The fourth-order valence-corrected chi connectivity index (χ4v) is 2.74. The molecule has 0 atom stereocenters. The van der Waals surface area contributed by atoms with Gasteiger partial charge >= 0.3 is 0 Å². The van der Waals surface area contributed by atoms with Gasteiger partial charge in [-0.15, -0.1) is 5.10 Å². The first-order valence-electron chi connectivity index (χ1n) is 7.01. The molecule has 6 nitrogen and oxygen atoms in total. The lowest BCUT2D eigenvalue weighted by Gasteiger charge is -2.28. The lowest BCUT2D eigenvalue weighted by Crippen LogP contribution is -2.44. The van der Waals surface area contributed by atoms with Crippen molar-refractivity contribution in [3.05, 3.63) is 29.8 Å². The van der Waals surface area contributed by atoms with Gasteiger partial charge in [-0.1, -0.05) is 0 Å². The van der Waals surface area contributed by atoms with Crippen LogP contribution in [-0.4, -0.2) is 45.8 Å². The molecule has 0 radical (unpaired) electrons. The van der Waals surface area contributed by atoms with Crippen molar-refractivity contribution in [3.63, 3.8) is 0 Å². The van der Waals surface area contributed by atoms with E-state index < -0.39 is 0 Å². The lowest BCUT2D eigenvalue weighted by molar-refractivity contribution is 0.574. The van der Waals surface area contributed by atoms with Gasteiger partial charge in [-0.05, 0) is 19.1 Å². The Hall–Kier alpha value is -2.28. The maximum atomic E-state index is 13.5. The number of fused-ring (bicyclic) bond motifs is 3. The van der Waals surface area contributed by atoms with Crippen LogP contribution >= 0.6 is 0 Å². The monoisotopic (exact) mass is 286 g/mol. The second-order valence-corrected chi connectivity index (χ2v) is 5.20. The summed E-state index contributed by atoms with van der Waals surface area (Å²) < 4.78 is 15.3. The van der Waals surface area contributed by atoms with Crippen molar-refractivity contribution in [2.24, 2.45) is 0 Å². The highest BCUT2D eigenvalue weighted by atomic mass is 19.1. The number of piperazine rings is 1. The molecule has 108 valence electrons. The van der Waals surface area contributed by atoms with Crippen LogP contribution in [0.25, 0.3) is 16.6 Å². The molecule has 1 aliphatic rings. The smallest absolute Gasteiger partial charge is 0.229 e. The van der Waals surface area contributed by atoms with E-state index in [1.54, 1.807) is 10.6 Å². The number of nitrogens with zero attached hydrogens (tertiary/aromatic N) is 5. The van der Waals surface area contributed by atoms with E-state index in [1.807, 2.05) is 6.92 Å². The average molecular weight is 286 g/mol. The third-order valence-corrected chi connectivity index (χ3v) is 3.72. The van der Waals surface area contributed by atoms with Crippen LogP contribution in [0.2, 0.25) is 0 Å². The van der Waals surface area contributed by atoms with Crippen LogP contribution in [0.4, 0.5) is 10.3 Å². The van der Waals surface area contributed by atoms with Crippen LogP contribution in [0.3, 0.4) is 0 Å². The van der Waals surface area contributed by atoms with E-state index in [4.69, 9.17) is 0 Å². The summed E-state index contributed by atoms with van der Waals surface area (Å²) >= 11 is 0. The number of rotatable bonds is 1. The lowest BCUT2D eigenvalue weighted by atomic mass is 10.2. The summed E-state index contributed by atoms with van der Waals surface area (Å²) in [5.74, 6) is 1.12. The maximum Gasteiger partial charge on any atom is 0.229 e. The first-order valence-corrected chi connectivity index (χ1v) is 7.01. The quantitative estimate of drug-likeness (QED) is 0.727. The van der Waals surface area contributed by atoms with Crippen LogP contribution in [0, 0.1) is 12.7 Å². The summed E-state index contributed by atoms with van der Waals surface area (Å²) in [7, 11) is 0. The number of anilines is 1. The molecule has 7 heteroatoms. The number of halogens is 1. The normalized spacial score (nSPS) is 16.0. The molecule has 3 heterocycles. The van der Waals surface area contributed by atoms with Crippen LogP contribution in [0.15, 0.2) is 18.2 Å². The largest absolute Gasteiger partial charge is 0.338 e. The molecule has 0 amide bonds. The summed E-state index contributed by atoms with van der Waals surface area (Å²) in [6, 6.07) is 4.59. The Morgan fingerprint density at radius 2 is 2.00 bits per heavy atom. The molecule has 0 spiro atoms. The summed E-state index contributed by atoms with van der Waals surface area (Å²) in [5, 5.41) is 8.57. The van der Waals surface area contributed by atoms with Gasteiger partial charge in [-0.2, -0.15) is 4.52 Å². The Morgan fingerprint density at radius 3 is 2.81 bits per heavy atom. The molecule has 0 aliphatic carbocycles. The zero-order chi connectivity index (χ0) is 14.4. The van der Waals surface area contributed by atoms with Crippen molar-refractivity contribution < 1.29 is 4.39 Å². The van der Waals surface area contributed by atoms with Gasteiger partial charge in [0.05, 0.1) is 5.52 Å². The summed E-state index contributed by atoms with van der Waals surface area (Å²) in [6.07, 6.45) is 0. The highest BCUT2D eigenvalue weighted by Crippen LogP contribution is 2.23. The topological polar surface area (TPSA) is 58.4 Å². The van der Waals surface area contributed by atoms with E-state index in [-0.39, 0.29) is 5.82 Å². The number of hydrogen-bond donors (Lipinski definition) is 1. The summed E-state index contributed by atoms with van der Waals surface area (Å²) in [4.78, 5) is 11.2. The van der Waals surface area contributed by atoms with Gasteiger partial charge in [0.1, 0.15) is 11.6 Å². The fourth-order valence-electron chi connectivity index (χ4n) is 2.74. The van der Waals surface area contributed by atoms with Crippen LogP contribution in [0.1, 0.15) is 5.82 Å². The highest BCUT2D eigenvalue weighted by Gasteiger charge is 2.19. The predicted molar refractivity (Wildman–Crippen MR) is 78.1 cm³/mol. The van der Waals surface area contributed by atoms with Crippen LogP contribution in [-0.2, 0) is 0 Å². The third kappa shape index (κ3) is 2.01. The summed E-state index contributed by atoms with van der Waals surface area (Å²) in [6.45, 7) is 5.35. The van der Waals surface area contributed by atoms with E-state index in [2.05, 4.69) is 25.3 Å². The Labute approximate surface area is 120 Å². The van der Waals surface area contributed by atoms with Crippen molar-refractivity contribution in [1.82, 2.24) is 24.9 Å². The predicted octanol–water partition coefficient (Wildman–Crippen LogP) is 1.13. The maximum absolute atomic E-state index is 13.5. The fraction of sp³-hybridized carbons (Fsp3) is 0.357. The van der Waals surface area contributed by atoms with Crippen molar-refractivity contribution in [3.8, 4) is 0 Å². The first-order chi connectivity index (χ1) is 10.2. The SMILES string of the molecule is Cc1nc2c3ccc(F)cc3nc(N3CCNCC3)n2n1.